The van der Waals surface area contributed by atoms with Crippen molar-refractivity contribution in [2.45, 2.75) is 38.3 Å². The molecule has 0 spiro atoms. The van der Waals surface area contributed by atoms with E-state index in [1.165, 1.54) is 11.3 Å². The third kappa shape index (κ3) is 3.52. The summed E-state index contributed by atoms with van der Waals surface area (Å²) in [5.41, 5.74) is 1.48. The summed E-state index contributed by atoms with van der Waals surface area (Å²) in [5, 5.41) is 8.50. The fourth-order valence-corrected chi connectivity index (χ4v) is 4.74. The second-order valence-corrected chi connectivity index (χ2v) is 7.57. The maximum atomic E-state index is 12.4. The average molecular weight is 329 g/mol. The summed E-state index contributed by atoms with van der Waals surface area (Å²) >= 11 is 1.42. The highest BCUT2D eigenvalue weighted by molar-refractivity contribution is 7.89. The van der Waals surface area contributed by atoms with Crippen LogP contribution < -0.4 is 10.0 Å². The van der Waals surface area contributed by atoms with Gasteiger partial charge in [-0.25, -0.2) is 13.1 Å². The fourth-order valence-electron chi connectivity index (χ4n) is 2.24. The van der Waals surface area contributed by atoms with Crippen LogP contribution in [-0.2, 0) is 16.6 Å². The van der Waals surface area contributed by atoms with Crippen molar-refractivity contribution in [1.29, 1.82) is 0 Å². The van der Waals surface area contributed by atoms with Crippen LogP contribution in [0, 0.1) is 13.8 Å². The van der Waals surface area contributed by atoms with Gasteiger partial charge in [-0.1, -0.05) is 5.16 Å². The Labute approximate surface area is 128 Å². The Hall–Kier alpha value is -1.22. The number of aromatic nitrogens is 1. The van der Waals surface area contributed by atoms with Crippen LogP contribution >= 0.6 is 11.3 Å². The molecule has 2 heterocycles. The Morgan fingerprint density at radius 3 is 2.71 bits per heavy atom. The Kier molecular flexibility index (Phi) is 4.82. The van der Waals surface area contributed by atoms with E-state index in [1.54, 1.807) is 32.2 Å². The lowest BCUT2D eigenvalue weighted by Crippen LogP contribution is -2.27. The van der Waals surface area contributed by atoms with Crippen molar-refractivity contribution in [3.8, 4) is 0 Å². The Bertz CT molecular complexity index is 699. The minimum Gasteiger partial charge on any atom is -0.361 e. The molecule has 0 amide bonds. The van der Waals surface area contributed by atoms with Crippen molar-refractivity contribution in [1.82, 2.24) is 15.2 Å². The normalized spacial score (nSPS) is 13.5. The SMILES string of the molecule is CNCc1cc(S(=O)(=O)NC(C)c2c(C)noc2C)cs1. The van der Waals surface area contributed by atoms with Gasteiger partial charge in [-0.15, -0.1) is 11.3 Å². The first-order chi connectivity index (χ1) is 9.85. The summed E-state index contributed by atoms with van der Waals surface area (Å²) in [4.78, 5) is 1.26. The van der Waals surface area contributed by atoms with Crippen molar-refractivity contribution < 1.29 is 12.9 Å². The van der Waals surface area contributed by atoms with Crippen molar-refractivity contribution in [3.05, 3.63) is 33.3 Å². The van der Waals surface area contributed by atoms with Crippen molar-refractivity contribution in [2.24, 2.45) is 0 Å². The van der Waals surface area contributed by atoms with E-state index in [9.17, 15) is 8.42 Å². The van der Waals surface area contributed by atoms with Crippen LogP contribution in [0.1, 0.15) is 34.9 Å². The van der Waals surface area contributed by atoms with E-state index < -0.39 is 16.1 Å². The monoisotopic (exact) mass is 329 g/mol. The van der Waals surface area contributed by atoms with Crippen LogP contribution in [0.4, 0.5) is 0 Å². The molecule has 21 heavy (non-hydrogen) atoms. The Balaban J connectivity index is 2.20. The highest BCUT2D eigenvalue weighted by atomic mass is 32.2. The highest BCUT2D eigenvalue weighted by Crippen LogP contribution is 2.25. The van der Waals surface area contributed by atoms with Crippen LogP contribution in [0.25, 0.3) is 0 Å². The molecule has 1 unspecified atom stereocenters. The first-order valence-electron chi connectivity index (χ1n) is 6.52. The van der Waals surface area contributed by atoms with Crippen LogP contribution in [0.5, 0.6) is 0 Å². The predicted molar refractivity (Wildman–Crippen MR) is 81.8 cm³/mol. The third-order valence-electron chi connectivity index (χ3n) is 3.14. The number of thiophene rings is 1. The van der Waals surface area contributed by atoms with Crippen molar-refractivity contribution in [3.63, 3.8) is 0 Å². The van der Waals surface area contributed by atoms with Gasteiger partial charge in [-0.05, 0) is 33.9 Å². The zero-order chi connectivity index (χ0) is 15.6. The molecule has 0 aliphatic carbocycles. The Morgan fingerprint density at radius 1 is 1.43 bits per heavy atom. The summed E-state index contributed by atoms with van der Waals surface area (Å²) in [6.07, 6.45) is 0. The van der Waals surface area contributed by atoms with Gasteiger partial charge in [-0.2, -0.15) is 0 Å². The van der Waals surface area contributed by atoms with Gasteiger partial charge in [0.25, 0.3) is 0 Å². The molecule has 2 aromatic heterocycles. The molecule has 0 aromatic carbocycles. The van der Waals surface area contributed by atoms with Crippen LogP contribution in [-0.4, -0.2) is 20.6 Å². The molecule has 0 fully saturated rings. The van der Waals surface area contributed by atoms with Crippen molar-refractivity contribution >= 4 is 21.4 Å². The summed E-state index contributed by atoms with van der Waals surface area (Å²) < 4.78 is 32.6. The quantitative estimate of drug-likeness (QED) is 0.848. The molecular weight excluding hydrogens is 310 g/mol. The first-order valence-corrected chi connectivity index (χ1v) is 8.88. The van der Waals surface area contributed by atoms with Gasteiger partial charge >= 0.3 is 0 Å². The number of hydrogen-bond acceptors (Lipinski definition) is 6. The number of hydrogen-bond donors (Lipinski definition) is 2. The van der Waals surface area contributed by atoms with E-state index in [0.29, 0.717) is 18.0 Å². The molecular formula is C13H19N3O3S2. The number of nitrogens with zero attached hydrogens (tertiary/aromatic N) is 1. The van der Waals surface area contributed by atoms with Gasteiger partial charge in [0.05, 0.1) is 10.6 Å². The zero-order valence-electron chi connectivity index (χ0n) is 12.4. The maximum Gasteiger partial charge on any atom is 0.241 e. The lowest BCUT2D eigenvalue weighted by atomic mass is 10.1. The highest BCUT2D eigenvalue weighted by Gasteiger charge is 2.23. The molecule has 2 rings (SSSR count). The lowest BCUT2D eigenvalue weighted by Gasteiger charge is -2.13. The third-order valence-corrected chi connectivity index (χ3v) is 5.75. The van der Waals surface area contributed by atoms with Gasteiger partial charge in [0.1, 0.15) is 5.76 Å². The maximum absolute atomic E-state index is 12.4. The number of nitrogens with one attached hydrogen (secondary N) is 2. The molecule has 0 bridgehead atoms. The molecule has 0 aliphatic heterocycles. The lowest BCUT2D eigenvalue weighted by molar-refractivity contribution is 0.391. The van der Waals surface area contributed by atoms with Gasteiger partial charge in [-0.3, -0.25) is 0 Å². The fraction of sp³-hybridized carbons (Fsp3) is 0.462. The first kappa shape index (κ1) is 16.2. The van der Waals surface area contributed by atoms with Gasteiger partial charge < -0.3 is 9.84 Å². The van der Waals surface area contributed by atoms with E-state index in [0.717, 1.165) is 10.4 Å². The predicted octanol–water partition coefficient (Wildman–Crippen LogP) is 2.11. The topological polar surface area (TPSA) is 84.2 Å². The molecule has 8 heteroatoms. The van der Waals surface area contributed by atoms with Crippen LogP contribution in [0.2, 0.25) is 0 Å². The van der Waals surface area contributed by atoms with Crippen LogP contribution in [0.15, 0.2) is 20.9 Å². The molecule has 1 atom stereocenters. The standard InChI is InChI=1S/C13H19N3O3S2/c1-8-13(10(3)19-15-8)9(2)16-21(17,18)12-5-11(6-14-4)20-7-12/h5,7,9,14,16H,6H2,1-4H3. The summed E-state index contributed by atoms with van der Waals surface area (Å²) in [6.45, 7) is 6.01. The average Bonchev–Trinajstić information content (AvgIpc) is 2.97. The minimum absolute atomic E-state index is 0.288. The van der Waals surface area contributed by atoms with Gasteiger partial charge in [0.2, 0.25) is 10.0 Å². The van der Waals surface area contributed by atoms with E-state index >= 15 is 0 Å². The molecule has 0 aliphatic rings. The Morgan fingerprint density at radius 2 is 2.14 bits per heavy atom. The van der Waals surface area contributed by atoms with E-state index in [4.69, 9.17) is 4.52 Å². The van der Waals surface area contributed by atoms with E-state index in [1.807, 2.05) is 7.05 Å². The molecule has 6 nitrogen and oxygen atoms in total. The second-order valence-electron chi connectivity index (χ2n) is 4.86. The number of rotatable bonds is 6. The summed E-state index contributed by atoms with van der Waals surface area (Å²) in [6, 6.07) is 1.29. The zero-order valence-corrected chi connectivity index (χ0v) is 14.1. The molecule has 2 aromatic rings. The molecule has 0 saturated carbocycles. The smallest absolute Gasteiger partial charge is 0.241 e. The second kappa shape index (κ2) is 6.27. The largest absolute Gasteiger partial charge is 0.361 e. The van der Waals surface area contributed by atoms with Crippen molar-refractivity contribution in [2.75, 3.05) is 7.05 Å². The molecule has 116 valence electrons. The van der Waals surface area contributed by atoms with Crippen LogP contribution in [0.3, 0.4) is 0 Å². The number of sulfonamides is 1. The number of aryl methyl sites for hydroxylation is 2. The summed E-state index contributed by atoms with van der Waals surface area (Å²) in [5.74, 6) is 0.629. The molecule has 0 radical (unpaired) electrons. The van der Waals surface area contributed by atoms with E-state index in [2.05, 4.69) is 15.2 Å². The minimum atomic E-state index is -3.55. The van der Waals surface area contributed by atoms with E-state index in [-0.39, 0.29) is 4.90 Å². The van der Waals surface area contributed by atoms with Gasteiger partial charge in [0.15, 0.2) is 0 Å². The van der Waals surface area contributed by atoms with Gasteiger partial charge in [0, 0.05) is 28.4 Å². The molecule has 2 N–H and O–H groups in total. The molecule has 0 saturated heterocycles. The summed E-state index contributed by atoms with van der Waals surface area (Å²) in [7, 11) is -1.73.